The Morgan fingerprint density at radius 3 is 2.71 bits per heavy atom. The summed E-state index contributed by atoms with van der Waals surface area (Å²) >= 11 is 3.89. The van der Waals surface area contributed by atoms with Gasteiger partial charge in [0.15, 0.2) is 11.6 Å². The molecule has 0 bridgehead atoms. The van der Waals surface area contributed by atoms with Crippen molar-refractivity contribution in [1.82, 2.24) is 5.32 Å². The van der Waals surface area contributed by atoms with Crippen LogP contribution in [-0.2, 0) is 11.3 Å². The molecule has 0 fully saturated rings. The summed E-state index contributed by atoms with van der Waals surface area (Å²) in [5.41, 5.74) is 0.0795. The summed E-state index contributed by atoms with van der Waals surface area (Å²) in [4.78, 5) is 11.1. The Morgan fingerprint density at radius 2 is 2.12 bits per heavy atom. The van der Waals surface area contributed by atoms with Gasteiger partial charge in [-0.2, -0.15) is 12.6 Å². The van der Waals surface area contributed by atoms with Crippen molar-refractivity contribution in [2.75, 3.05) is 12.9 Å². The van der Waals surface area contributed by atoms with Crippen molar-refractivity contribution < 1.29 is 18.3 Å². The van der Waals surface area contributed by atoms with E-state index < -0.39 is 11.6 Å². The second-order valence-electron chi connectivity index (χ2n) is 3.33. The second-order valence-corrected chi connectivity index (χ2v) is 3.78. The number of halogens is 2. The van der Waals surface area contributed by atoms with Gasteiger partial charge in [0.1, 0.15) is 5.82 Å². The van der Waals surface area contributed by atoms with E-state index in [0.717, 1.165) is 12.1 Å². The van der Waals surface area contributed by atoms with Crippen LogP contribution < -0.4 is 10.1 Å². The fourth-order valence-electron chi connectivity index (χ4n) is 1.25. The molecule has 0 saturated heterocycles. The summed E-state index contributed by atoms with van der Waals surface area (Å²) in [6.45, 7) is -0.0562. The molecule has 0 aliphatic carbocycles. The molecule has 17 heavy (non-hydrogen) atoms. The van der Waals surface area contributed by atoms with Gasteiger partial charge in [-0.05, 0) is 11.8 Å². The maximum absolute atomic E-state index is 13.4. The van der Waals surface area contributed by atoms with Crippen LogP contribution in [0.25, 0.3) is 0 Å². The molecule has 1 aromatic carbocycles. The van der Waals surface area contributed by atoms with Gasteiger partial charge in [0.2, 0.25) is 5.91 Å². The zero-order valence-electron chi connectivity index (χ0n) is 9.30. The third-order valence-corrected chi connectivity index (χ3v) is 2.36. The Bertz CT molecular complexity index is 413. The highest BCUT2D eigenvalue weighted by Crippen LogP contribution is 2.21. The summed E-state index contributed by atoms with van der Waals surface area (Å²) in [6, 6.07) is 1.96. The summed E-state index contributed by atoms with van der Waals surface area (Å²) in [5, 5.41) is 2.47. The minimum atomic E-state index is -0.660. The van der Waals surface area contributed by atoms with Crippen LogP contribution >= 0.6 is 12.6 Å². The van der Waals surface area contributed by atoms with E-state index in [2.05, 4.69) is 22.7 Å². The molecule has 6 heteroatoms. The van der Waals surface area contributed by atoms with Crippen molar-refractivity contribution >= 4 is 18.5 Å². The Morgan fingerprint density at radius 1 is 1.41 bits per heavy atom. The fourth-order valence-corrected chi connectivity index (χ4v) is 1.45. The molecule has 0 radical (unpaired) electrons. The summed E-state index contributed by atoms with van der Waals surface area (Å²) in [5.74, 6) is -1.28. The van der Waals surface area contributed by atoms with E-state index in [-0.39, 0.29) is 30.2 Å². The lowest BCUT2D eigenvalue weighted by molar-refractivity contribution is -0.120. The molecule has 0 saturated carbocycles. The first-order valence-electron chi connectivity index (χ1n) is 4.98. The molecule has 0 spiro atoms. The standard InChI is InChI=1S/C11H13F2NO2S/c1-16-10-5-8(12)7(4-9(10)13)6-14-11(15)2-3-17/h4-5,17H,2-3,6H2,1H3,(H,14,15). The Kier molecular flexibility index (Phi) is 5.21. The van der Waals surface area contributed by atoms with E-state index in [9.17, 15) is 13.6 Å². The van der Waals surface area contributed by atoms with Crippen LogP contribution in [0.15, 0.2) is 12.1 Å². The highest BCUT2D eigenvalue weighted by atomic mass is 32.1. The number of nitrogens with one attached hydrogen (secondary N) is 1. The van der Waals surface area contributed by atoms with Gasteiger partial charge in [-0.3, -0.25) is 4.79 Å². The van der Waals surface area contributed by atoms with E-state index >= 15 is 0 Å². The van der Waals surface area contributed by atoms with E-state index in [1.165, 1.54) is 7.11 Å². The van der Waals surface area contributed by atoms with Crippen LogP contribution in [0, 0.1) is 11.6 Å². The number of carbonyl (C=O) groups is 1. The van der Waals surface area contributed by atoms with Crippen molar-refractivity contribution in [3.05, 3.63) is 29.3 Å². The van der Waals surface area contributed by atoms with Gasteiger partial charge in [0, 0.05) is 24.6 Å². The second kappa shape index (κ2) is 6.44. The molecular formula is C11H13F2NO2S. The molecule has 1 rings (SSSR count). The molecule has 0 heterocycles. The monoisotopic (exact) mass is 261 g/mol. The summed E-state index contributed by atoms with van der Waals surface area (Å²) < 4.78 is 31.4. The molecule has 94 valence electrons. The molecule has 1 aromatic rings. The minimum absolute atomic E-state index is 0.0562. The number of hydrogen-bond donors (Lipinski definition) is 2. The number of amides is 1. The van der Waals surface area contributed by atoms with Crippen molar-refractivity contribution in [2.45, 2.75) is 13.0 Å². The third-order valence-electron chi connectivity index (χ3n) is 2.14. The fraction of sp³-hybridized carbons (Fsp3) is 0.364. The van der Waals surface area contributed by atoms with Crippen molar-refractivity contribution in [1.29, 1.82) is 0 Å². The van der Waals surface area contributed by atoms with Gasteiger partial charge in [0.25, 0.3) is 0 Å². The maximum atomic E-state index is 13.4. The summed E-state index contributed by atoms with van der Waals surface area (Å²) in [6.07, 6.45) is 0.239. The number of benzene rings is 1. The van der Waals surface area contributed by atoms with Crippen molar-refractivity contribution in [2.24, 2.45) is 0 Å². The maximum Gasteiger partial charge on any atom is 0.221 e. The highest BCUT2D eigenvalue weighted by Gasteiger charge is 2.11. The lowest BCUT2D eigenvalue weighted by atomic mass is 10.2. The number of methoxy groups -OCH3 is 1. The van der Waals surface area contributed by atoms with Crippen molar-refractivity contribution in [3.63, 3.8) is 0 Å². The Labute approximate surface area is 104 Å². The van der Waals surface area contributed by atoms with Crippen molar-refractivity contribution in [3.8, 4) is 5.75 Å². The number of ether oxygens (including phenoxy) is 1. The average Bonchev–Trinajstić information content (AvgIpc) is 2.30. The van der Waals surface area contributed by atoms with Gasteiger partial charge >= 0.3 is 0 Å². The normalized spacial score (nSPS) is 10.1. The molecule has 0 aliphatic rings. The van der Waals surface area contributed by atoms with E-state index in [1.54, 1.807) is 0 Å². The summed E-state index contributed by atoms with van der Waals surface area (Å²) in [7, 11) is 1.26. The van der Waals surface area contributed by atoms with Gasteiger partial charge in [-0.15, -0.1) is 0 Å². The first-order chi connectivity index (χ1) is 8.08. The SMILES string of the molecule is COc1cc(F)c(CNC(=O)CCS)cc1F. The lowest BCUT2D eigenvalue weighted by Gasteiger charge is -2.08. The van der Waals surface area contributed by atoms with Crippen LogP contribution in [-0.4, -0.2) is 18.8 Å². The largest absolute Gasteiger partial charge is 0.494 e. The van der Waals surface area contributed by atoms with Gasteiger partial charge in [0.05, 0.1) is 7.11 Å². The topological polar surface area (TPSA) is 38.3 Å². The van der Waals surface area contributed by atoms with Gasteiger partial charge in [-0.1, -0.05) is 0 Å². The zero-order valence-corrected chi connectivity index (χ0v) is 10.2. The first-order valence-corrected chi connectivity index (χ1v) is 5.61. The van der Waals surface area contributed by atoms with Gasteiger partial charge in [-0.25, -0.2) is 8.78 Å². The van der Waals surface area contributed by atoms with Crippen LogP contribution in [0.4, 0.5) is 8.78 Å². The third kappa shape index (κ3) is 3.89. The quantitative estimate of drug-likeness (QED) is 0.795. The molecule has 0 aliphatic heterocycles. The zero-order chi connectivity index (χ0) is 12.8. The molecule has 0 atom stereocenters. The number of thiol groups is 1. The molecule has 1 N–H and O–H groups in total. The average molecular weight is 261 g/mol. The van der Waals surface area contributed by atoms with Gasteiger partial charge < -0.3 is 10.1 Å². The van der Waals surface area contributed by atoms with Crippen LogP contribution in [0.3, 0.4) is 0 Å². The molecular weight excluding hydrogens is 248 g/mol. The minimum Gasteiger partial charge on any atom is -0.494 e. The predicted molar refractivity (Wildman–Crippen MR) is 63.2 cm³/mol. The van der Waals surface area contributed by atoms with E-state index in [1.807, 2.05) is 0 Å². The smallest absolute Gasteiger partial charge is 0.221 e. The first kappa shape index (κ1) is 13.8. The predicted octanol–water partition coefficient (Wildman–Crippen LogP) is 1.91. The molecule has 0 aromatic heterocycles. The number of carbonyl (C=O) groups excluding carboxylic acids is 1. The Balaban J connectivity index is 2.72. The van der Waals surface area contributed by atoms with Crippen LogP contribution in [0.1, 0.15) is 12.0 Å². The number of rotatable bonds is 5. The van der Waals surface area contributed by atoms with Crippen LogP contribution in [0.2, 0.25) is 0 Å². The van der Waals surface area contributed by atoms with Crippen LogP contribution in [0.5, 0.6) is 5.75 Å². The molecule has 3 nitrogen and oxygen atoms in total. The molecule has 1 amide bonds. The van der Waals surface area contributed by atoms with E-state index in [4.69, 9.17) is 0 Å². The Hall–Kier alpha value is -1.30. The number of hydrogen-bond acceptors (Lipinski definition) is 3. The molecule has 0 unspecified atom stereocenters. The lowest BCUT2D eigenvalue weighted by Crippen LogP contribution is -2.23. The van der Waals surface area contributed by atoms with E-state index in [0.29, 0.717) is 5.75 Å². The highest BCUT2D eigenvalue weighted by molar-refractivity contribution is 7.80.